The maximum absolute atomic E-state index is 8.58. The molecule has 0 N–H and O–H groups in total. The van der Waals surface area contributed by atoms with Crippen molar-refractivity contribution in [3.8, 4) is 0 Å². The van der Waals surface area contributed by atoms with Crippen LogP contribution in [0.5, 0.6) is 0 Å². The summed E-state index contributed by atoms with van der Waals surface area (Å²) in [4.78, 5) is 0. The first-order chi connectivity index (χ1) is 3.46. The van der Waals surface area contributed by atoms with Crippen LogP contribution in [0.15, 0.2) is 0 Å². The van der Waals surface area contributed by atoms with E-state index in [1.165, 1.54) is 0 Å². The van der Waals surface area contributed by atoms with Gasteiger partial charge in [-0.15, -0.1) is 0 Å². The van der Waals surface area contributed by atoms with E-state index in [1.807, 2.05) is 0 Å². The summed E-state index contributed by atoms with van der Waals surface area (Å²) in [5.41, 5.74) is 0. The molecule has 0 unspecified atom stereocenters. The van der Waals surface area contributed by atoms with Crippen LogP contribution in [0.1, 0.15) is 0 Å². The van der Waals surface area contributed by atoms with Crippen molar-refractivity contribution in [3.05, 3.63) is 0 Å². The molecule has 0 aliphatic rings. The Morgan fingerprint density at radius 1 is 0.818 bits per heavy atom. The van der Waals surface area contributed by atoms with Gasteiger partial charge in [-0.25, -0.2) is 0 Å². The fourth-order valence-electron chi connectivity index (χ4n) is 0. The quantitative estimate of drug-likeness (QED) is 0.295. The summed E-state index contributed by atoms with van der Waals surface area (Å²) in [6, 6.07) is 0. The van der Waals surface area contributed by atoms with E-state index >= 15 is 0 Å². The molecule has 0 rings (SSSR count). The van der Waals surface area contributed by atoms with Crippen molar-refractivity contribution in [1.82, 2.24) is 0 Å². The molecule has 0 aliphatic heterocycles. The second-order valence-electron chi connectivity index (χ2n) is 0.500. The Kier molecular flexibility index (Phi) is 62.1. The molecule has 0 amide bonds. The van der Waals surface area contributed by atoms with Crippen LogP contribution in [0.25, 0.3) is 0 Å². The third-order valence-corrected chi connectivity index (χ3v) is 0. The van der Waals surface area contributed by atoms with Gasteiger partial charge in [-0.1, -0.05) is 0 Å². The second kappa shape index (κ2) is 23.3. The molecular formula is H2MgO6PbTi2Zr. The Morgan fingerprint density at radius 2 is 0.818 bits per heavy atom. The van der Waals surface area contributed by atoms with Crippen molar-refractivity contribution in [1.29, 1.82) is 0 Å². The van der Waals surface area contributed by atoms with Crippen LogP contribution in [0.2, 0.25) is 0 Å². The summed E-state index contributed by atoms with van der Waals surface area (Å²) < 4.78 is 51.5. The van der Waals surface area contributed by atoms with Gasteiger partial charge in [-0.05, 0) is 0 Å². The van der Waals surface area contributed by atoms with Crippen LogP contribution < -0.4 is 14.8 Å². The van der Waals surface area contributed by atoms with Gasteiger partial charge in [-0.2, -0.15) is 0 Å². The van der Waals surface area contributed by atoms with Gasteiger partial charge in [0, 0.05) is 27.3 Å². The number of hydrogen-bond donors (Lipinski definition) is 0. The van der Waals surface area contributed by atoms with Gasteiger partial charge in [0.1, 0.15) is 0 Å². The zero-order valence-corrected chi connectivity index (χ0v) is 13.9. The van der Waals surface area contributed by atoms with E-state index in [0.29, 0.717) is 0 Å². The predicted octanol–water partition coefficient (Wildman–Crippen LogP) is -6.30. The van der Waals surface area contributed by atoms with E-state index in [9.17, 15) is 0 Å². The molecule has 0 bridgehead atoms. The fraction of sp³-hybridized carbons (Fsp3) is 0. The monoisotopic (exact) mass is 516 g/mol. The summed E-state index contributed by atoms with van der Waals surface area (Å²) in [6.07, 6.45) is 0. The molecule has 0 spiro atoms. The molecule has 0 heterocycles. The minimum Gasteiger partial charge on any atom is 0 e. The summed E-state index contributed by atoms with van der Waals surface area (Å²) in [5, 5.41) is 0. The van der Waals surface area contributed by atoms with Crippen molar-refractivity contribution in [2.24, 2.45) is 0 Å². The maximum Gasteiger partial charge on any atom is 4.00 e. The normalized spacial score (nSPS) is 4.73. The first-order valence-electron chi connectivity index (χ1n) is 1.22. The predicted molar refractivity (Wildman–Crippen MR) is 15.7 cm³/mol. The third kappa shape index (κ3) is 149. The second-order valence-corrected chi connectivity index (χ2v) is 2.06. The number of rotatable bonds is 0. The molecule has 56 valence electrons. The average molecular weight is 516 g/mol. The summed E-state index contributed by atoms with van der Waals surface area (Å²) in [5.74, 6) is 0. The SMILES string of the molecule is [MgH2].[O]=[Ti]([O-])[O-].[O]=[Ti]([O-])[O-].[Pb].[Zr+4]. The molecule has 0 fully saturated rings. The smallest absolute Gasteiger partial charge is 0 e. The summed E-state index contributed by atoms with van der Waals surface area (Å²) in [7, 11) is 0. The van der Waals surface area contributed by atoms with Crippen molar-refractivity contribution in [2.75, 3.05) is 0 Å². The molecule has 0 atom stereocenters. The maximum atomic E-state index is 8.58. The fourth-order valence-corrected chi connectivity index (χ4v) is 0. The van der Waals surface area contributed by atoms with Crippen LogP contribution in [-0.2, 0) is 70.1 Å². The standard InChI is InChI=1S/Mg.6O.Pb.2Ti.Zr.2H/q;;;4*-1;;;;+4;;. The molecule has 0 aromatic heterocycles. The van der Waals surface area contributed by atoms with E-state index < -0.39 is 37.2 Å². The van der Waals surface area contributed by atoms with Crippen molar-refractivity contribution in [2.45, 2.75) is 0 Å². The summed E-state index contributed by atoms with van der Waals surface area (Å²) >= 11 is -8.17. The minimum atomic E-state index is -4.08. The molecule has 0 saturated heterocycles. The Labute approximate surface area is 132 Å². The molecule has 0 aromatic rings. The van der Waals surface area contributed by atoms with Crippen LogP contribution in [-0.4, -0.2) is 50.4 Å². The molecule has 11 heavy (non-hydrogen) atoms. The van der Waals surface area contributed by atoms with E-state index in [2.05, 4.69) is 0 Å². The van der Waals surface area contributed by atoms with E-state index in [0.717, 1.165) is 0 Å². The minimum absolute atomic E-state index is 0. The van der Waals surface area contributed by atoms with Crippen LogP contribution in [0.3, 0.4) is 0 Å². The molecule has 0 saturated carbocycles. The molecule has 0 aliphatic carbocycles. The van der Waals surface area contributed by atoms with Crippen LogP contribution in [0.4, 0.5) is 0 Å². The van der Waals surface area contributed by atoms with E-state index in [1.54, 1.807) is 0 Å². The van der Waals surface area contributed by atoms with Crippen LogP contribution in [0, 0.1) is 0 Å². The Balaban J connectivity index is -0.0000000171. The van der Waals surface area contributed by atoms with E-state index in [-0.39, 0.29) is 76.6 Å². The van der Waals surface area contributed by atoms with Crippen molar-refractivity contribution >= 4 is 50.4 Å². The molecule has 0 aromatic carbocycles. The van der Waals surface area contributed by atoms with Gasteiger partial charge < -0.3 is 0 Å². The largest absolute Gasteiger partial charge is 4.00 e. The van der Waals surface area contributed by atoms with Gasteiger partial charge in [0.15, 0.2) is 0 Å². The molecule has 11 heteroatoms. The Bertz CT molecular complexity index is 78.6. The first kappa shape index (κ1) is 29.3. The topological polar surface area (TPSA) is 126 Å². The molecular weight excluding hydrogens is 514 g/mol. The van der Waals surface area contributed by atoms with Gasteiger partial charge in [0.2, 0.25) is 0 Å². The van der Waals surface area contributed by atoms with Gasteiger partial charge in [-0.3, -0.25) is 0 Å². The van der Waals surface area contributed by atoms with Crippen molar-refractivity contribution < 1.29 is 84.8 Å². The average Bonchev–Trinajstić information content (AvgIpc) is 1.25. The zero-order chi connectivity index (χ0) is 7.15. The number of hydrogen-bond acceptors (Lipinski definition) is 6. The van der Waals surface area contributed by atoms with Gasteiger partial charge in [0.05, 0.1) is 0 Å². The Hall–Kier alpha value is 3.44. The van der Waals surface area contributed by atoms with E-state index in [4.69, 9.17) is 21.4 Å². The van der Waals surface area contributed by atoms with Gasteiger partial charge in [0.25, 0.3) is 0 Å². The zero-order valence-electron chi connectivity index (χ0n) is 4.45. The third-order valence-electron chi connectivity index (χ3n) is 0. The molecule has 6 nitrogen and oxygen atoms in total. The molecule has 4 radical (unpaired) electrons. The van der Waals surface area contributed by atoms with Gasteiger partial charge >= 0.3 is 108 Å². The van der Waals surface area contributed by atoms with Crippen LogP contribution >= 0.6 is 0 Å². The first-order valence-corrected chi connectivity index (χ1v) is 5.05. The van der Waals surface area contributed by atoms with Crippen molar-refractivity contribution in [3.63, 3.8) is 0 Å². The summed E-state index contributed by atoms with van der Waals surface area (Å²) in [6.45, 7) is 0. The Morgan fingerprint density at radius 3 is 0.818 bits per heavy atom.